The molecule has 0 saturated heterocycles. The minimum Gasteiger partial charge on any atom is -0.341 e. The van der Waals surface area contributed by atoms with E-state index in [1.54, 1.807) is 6.20 Å². The van der Waals surface area contributed by atoms with E-state index < -0.39 is 0 Å². The SMILES string of the molecule is Cc1nccc(-c2nc(=S)cc(C(C)(C)C)[nH]2)n1. The summed E-state index contributed by atoms with van der Waals surface area (Å²) in [6, 6.07) is 3.72. The number of rotatable bonds is 1. The molecule has 0 atom stereocenters. The van der Waals surface area contributed by atoms with Gasteiger partial charge in [0.2, 0.25) is 0 Å². The summed E-state index contributed by atoms with van der Waals surface area (Å²) in [6.07, 6.45) is 1.72. The molecule has 0 aliphatic heterocycles. The van der Waals surface area contributed by atoms with Crippen LogP contribution in [0.3, 0.4) is 0 Å². The Morgan fingerprint density at radius 2 is 1.94 bits per heavy atom. The molecular weight excluding hydrogens is 244 g/mol. The lowest BCUT2D eigenvalue weighted by Crippen LogP contribution is -2.14. The Morgan fingerprint density at radius 1 is 1.22 bits per heavy atom. The van der Waals surface area contributed by atoms with Gasteiger partial charge in [0.25, 0.3) is 0 Å². The number of hydrogen-bond donors (Lipinski definition) is 1. The summed E-state index contributed by atoms with van der Waals surface area (Å²) in [5.41, 5.74) is 1.81. The van der Waals surface area contributed by atoms with Crippen LogP contribution in [-0.4, -0.2) is 19.9 Å². The minimum atomic E-state index is -0.00662. The van der Waals surface area contributed by atoms with Crippen molar-refractivity contribution in [3.05, 3.63) is 34.5 Å². The molecule has 0 aliphatic rings. The van der Waals surface area contributed by atoms with E-state index in [4.69, 9.17) is 12.2 Å². The molecule has 2 rings (SSSR count). The lowest BCUT2D eigenvalue weighted by atomic mass is 9.92. The largest absolute Gasteiger partial charge is 0.341 e. The van der Waals surface area contributed by atoms with Gasteiger partial charge in [-0.15, -0.1) is 0 Å². The summed E-state index contributed by atoms with van der Waals surface area (Å²) in [6.45, 7) is 8.24. The highest BCUT2D eigenvalue weighted by Gasteiger charge is 2.16. The van der Waals surface area contributed by atoms with Crippen molar-refractivity contribution in [2.75, 3.05) is 0 Å². The third kappa shape index (κ3) is 2.79. The van der Waals surface area contributed by atoms with E-state index in [2.05, 4.69) is 40.7 Å². The number of aromatic amines is 1. The Hall–Kier alpha value is -1.62. The Bertz CT molecular complexity index is 625. The first-order valence-electron chi connectivity index (χ1n) is 5.78. The lowest BCUT2D eigenvalue weighted by Gasteiger charge is -2.19. The van der Waals surface area contributed by atoms with Gasteiger partial charge in [0, 0.05) is 17.3 Å². The Balaban J connectivity index is 2.59. The fourth-order valence-corrected chi connectivity index (χ4v) is 1.78. The van der Waals surface area contributed by atoms with Crippen LogP contribution >= 0.6 is 12.2 Å². The summed E-state index contributed by atoms with van der Waals surface area (Å²) in [5, 5.41) is 0. The zero-order valence-corrected chi connectivity index (χ0v) is 11.8. The molecular formula is C13H16N4S. The van der Waals surface area contributed by atoms with Gasteiger partial charge in [-0.25, -0.2) is 15.0 Å². The fraction of sp³-hybridized carbons (Fsp3) is 0.385. The molecule has 0 radical (unpaired) electrons. The van der Waals surface area contributed by atoms with Gasteiger partial charge in [-0.3, -0.25) is 0 Å². The second-order valence-corrected chi connectivity index (χ2v) is 5.64. The summed E-state index contributed by atoms with van der Waals surface area (Å²) in [7, 11) is 0. The van der Waals surface area contributed by atoms with Crippen molar-refractivity contribution in [2.45, 2.75) is 33.1 Å². The van der Waals surface area contributed by atoms with E-state index in [1.165, 1.54) is 0 Å². The van der Waals surface area contributed by atoms with E-state index in [0.717, 1.165) is 17.2 Å². The first kappa shape index (κ1) is 12.8. The summed E-state index contributed by atoms with van der Waals surface area (Å²) in [4.78, 5) is 16.1. The predicted octanol–water partition coefficient (Wildman–Crippen LogP) is 3.20. The van der Waals surface area contributed by atoms with Gasteiger partial charge in [-0.05, 0) is 19.1 Å². The molecule has 0 aliphatic carbocycles. The van der Waals surface area contributed by atoms with Gasteiger partial charge in [-0.2, -0.15) is 0 Å². The highest BCUT2D eigenvalue weighted by molar-refractivity contribution is 7.71. The second-order valence-electron chi connectivity index (χ2n) is 5.22. The minimum absolute atomic E-state index is 0.00662. The molecule has 0 bridgehead atoms. The van der Waals surface area contributed by atoms with Gasteiger partial charge in [0.1, 0.15) is 16.2 Å². The summed E-state index contributed by atoms with van der Waals surface area (Å²) in [5.74, 6) is 1.41. The normalized spacial score (nSPS) is 11.6. The summed E-state index contributed by atoms with van der Waals surface area (Å²) < 4.78 is 0.574. The predicted molar refractivity (Wildman–Crippen MR) is 73.9 cm³/mol. The van der Waals surface area contributed by atoms with E-state index in [-0.39, 0.29) is 5.41 Å². The molecule has 94 valence electrons. The maximum atomic E-state index is 5.21. The number of H-pyrrole nitrogens is 1. The first-order chi connectivity index (χ1) is 8.36. The molecule has 4 nitrogen and oxygen atoms in total. The van der Waals surface area contributed by atoms with E-state index in [9.17, 15) is 0 Å². The average molecular weight is 260 g/mol. The smallest absolute Gasteiger partial charge is 0.157 e. The van der Waals surface area contributed by atoms with Gasteiger partial charge in [-0.1, -0.05) is 33.0 Å². The third-order valence-corrected chi connectivity index (χ3v) is 2.78. The lowest BCUT2D eigenvalue weighted by molar-refractivity contribution is 0.567. The number of nitrogens with one attached hydrogen (secondary N) is 1. The zero-order valence-electron chi connectivity index (χ0n) is 11.0. The Kier molecular flexibility index (Phi) is 3.26. The second kappa shape index (κ2) is 4.57. The van der Waals surface area contributed by atoms with Crippen LogP contribution in [0.4, 0.5) is 0 Å². The molecule has 0 spiro atoms. The van der Waals surface area contributed by atoms with Gasteiger partial charge in [0.05, 0.1) is 0 Å². The van der Waals surface area contributed by atoms with E-state index in [0.29, 0.717) is 10.5 Å². The topological polar surface area (TPSA) is 54.5 Å². The van der Waals surface area contributed by atoms with Crippen molar-refractivity contribution < 1.29 is 0 Å². The molecule has 0 saturated carbocycles. The van der Waals surface area contributed by atoms with Gasteiger partial charge >= 0.3 is 0 Å². The number of aromatic nitrogens is 4. The third-order valence-electron chi connectivity index (χ3n) is 2.57. The van der Waals surface area contributed by atoms with Crippen LogP contribution in [0.5, 0.6) is 0 Å². The molecule has 0 amide bonds. The van der Waals surface area contributed by atoms with Crippen LogP contribution in [0.15, 0.2) is 18.3 Å². The van der Waals surface area contributed by atoms with Gasteiger partial charge < -0.3 is 4.98 Å². The molecule has 18 heavy (non-hydrogen) atoms. The first-order valence-corrected chi connectivity index (χ1v) is 6.19. The van der Waals surface area contributed by atoms with Crippen LogP contribution < -0.4 is 0 Å². The fourth-order valence-electron chi connectivity index (χ4n) is 1.57. The number of hydrogen-bond acceptors (Lipinski definition) is 4. The highest BCUT2D eigenvalue weighted by atomic mass is 32.1. The van der Waals surface area contributed by atoms with Crippen molar-refractivity contribution in [2.24, 2.45) is 0 Å². The maximum Gasteiger partial charge on any atom is 0.157 e. The molecule has 1 N–H and O–H groups in total. The van der Waals surface area contributed by atoms with Crippen LogP contribution in [0.25, 0.3) is 11.5 Å². The van der Waals surface area contributed by atoms with Crippen molar-refractivity contribution in [1.29, 1.82) is 0 Å². The monoisotopic (exact) mass is 260 g/mol. The summed E-state index contributed by atoms with van der Waals surface area (Å²) >= 11 is 5.21. The van der Waals surface area contributed by atoms with Crippen molar-refractivity contribution in [1.82, 2.24) is 19.9 Å². The molecule has 2 aromatic heterocycles. The van der Waals surface area contributed by atoms with E-state index in [1.807, 2.05) is 19.1 Å². The number of aryl methyl sites for hydroxylation is 1. The van der Waals surface area contributed by atoms with Gasteiger partial charge in [0.15, 0.2) is 5.82 Å². The standard InChI is InChI=1S/C13H16N4S/c1-8-14-6-5-9(15-8)12-16-10(13(2,3)4)7-11(18)17-12/h5-7H,1-4H3,(H,16,17,18). The van der Waals surface area contributed by atoms with Crippen molar-refractivity contribution in [3.8, 4) is 11.5 Å². The maximum absolute atomic E-state index is 5.21. The Labute approximate surface area is 112 Å². The molecule has 2 aromatic rings. The Morgan fingerprint density at radius 3 is 2.56 bits per heavy atom. The molecule has 2 heterocycles. The number of nitrogens with zero attached hydrogens (tertiary/aromatic N) is 3. The zero-order chi connectivity index (χ0) is 13.3. The van der Waals surface area contributed by atoms with E-state index >= 15 is 0 Å². The highest BCUT2D eigenvalue weighted by Crippen LogP contribution is 2.22. The van der Waals surface area contributed by atoms with Crippen LogP contribution in [0.2, 0.25) is 0 Å². The quantitative estimate of drug-likeness (QED) is 0.800. The molecule has 0 fully saturated rings. The van der Waals surface area contributed by atoms with Crippen molar-refractivity contribution >= 4 is 12.2 Å². The molecule has 0 unspecified atom stereocenters. The molecule has 5 heteroatoms. The van der Waals surface area contributed by atoms with Crippen molar-refractivity contribution in [3.63, 3.8) is 0 Å². The average Bonchev–Trinajstić information content (AvgIpc) is 2.27. The molecule has 0 aromatic carbocycles. The van der Waals surface area contributed by atoms with Crippen LogP contribution in [-0.2, 0) is 5.41 Å². The van der Waals surface area contributed by atoms with Crippen LogP contribution in [0.1, 0.15) is 32.3 Å². The van der Waals surface area contributed by atoms with Crippen LogP contribution in [0, 0.1) is 11.6 Å².